The number of piperidine rings is 1. The number of hydrogen-bond donors (Lipinski definition) is 1. The fourth-order valence-corrected chi connectivity index (χ4v) is 3.20. The Bertz CT molecular complexity index is 409. The minimum absolute atomic E-state index is 0.211. The predicted molar refractivity (Wildman–Crippen MR) is 69.0 cm³/mol. The first kappa shape index (κ1) is 12.4. The zero-order valence-corrected chi connectivity index (χ0v) is 11.1. The molecule has 1 fully saturated rings. The Kier molecular flexibility index (Phi) is 3.66. The van der Waals surface area contributed by atoms with Crippen LogP contribution in [0.15, 0.2) is 0 Å². The molecule has 2 rings (SSSR count). The number of rotatable bonds is 3. The molecule has 4 nitrogen and oxygen atoms in total. The van der Waals surface area contributed by atoms with E-state index in [1.54, 1.807) is 0 Å². The lowest BCUT2D eigenvalue weighted by Gasteiger charge is -2.31. The Morgan fingerprint density at radius 2 is 2.18 bits per heavy atom. The van der Waals surface area contributed by atoms with Crippen LogP contribution >= 0.6 is 11.3 Å². The van der Waals surface area contributed by atoms with E-state index in [9.17, 15) is 4.79 Å². The van der Waals surface area contributed by atoms with Gasteiger partial charge in [-0.25, -0.2) is 9.78 Å². The highest BCUT2D eigenvalue weighted by Gasteiger charge is 2.22. The van der Waals surface area contributed by atoms with Crippen LogP contribution in [-0.2, 0) is 0 Å². The van der Waals surface area contributed by atoms with Gasteiger partial charge < -0.3 is 10.0 Å². The van der Waals surface area contributed by atoms with Gasteiger partial charge in [-0.1, -0.05) is 13.3 Å². The van der Waals surface area contributed by atoms with Crippen molar-refractivity contribution in [1.29, 1.82) is 0 Å². The molecule has 0 radical (unpaired) electrons. The van der Waals surface area contributed by atoms with E-state index in [1.165, 1.54) is 30.6 Å². The van der Waals surface area contributed by atoms with Gasteiger partial charge in [0.2, 0.25) is 0 Å². The highest BCUT2D eigenvalue weighted by Crippen LogP contribution is 2.30. The maximum Gasteiger partial charge on any atom is 0.355 e. The number of aryl methyl sites for hydroxylation is 1. The molecule has 0 unspecified atom stereocenters. The van der Waals surface area contributed by atoms with Gasteiger partial charge in [-0.3, -0.25) is 0 Å². The van der Waals surface area contributed by atoms with Gasteiger partial charge in [-0.15, -0.1) is 11.3 Å². The molecule has 1 aromatic rings. The number of carbonyl (C=O) groups is 1. The third-order valence-corrected chi connectivity index (χ3v) is 4.48. The van der Waals surface area contributed by atoms with Crippen LogP contribution in [0, 0.1) is 12.8 Å². The quantitative estimate of drug-likeness (QED) is 0.901. The number of aromatic carboxylic acids is 1. The summed E-state index contributed by atoms with van der Waals surface area (Å²) in [7, 11) is 0. The predicted octanol–water partition coefficient (Wildman–Crippen LogP) is 2.78. The van der Waals surface area contributed by atoms with Gasteiger partial charge in [0.25, 0.3) is 0 Å². The topological polar surface area (TPSA) is 53.4 Å². The van der Waals surface area contributed by atoms with Crippen molar-refractivity contribution in [2.24, 2.45) is 5.92 Å². The smallest absolute Gasteiger partial charge is 0.355 e. The van der Waals surface area contributed by atoms with E-state index >= 15 is 0 Å². The molecule has 17 heavy (non-hydrogen) atoms. The molecule has 1 aliphatic heterocycles. The maximum atomic E-state index is 10.9. The van der Waals surface area contributed by atoms with Crippen molar-refractivity contribution < 1.29 is 9.90 Å². The molecule has 1 aliphatic rings. The second-order valence-corrected chi connectivity index (χ2v) is 5.73. The molecule has 0 aliphatic carbocycles. The highest BCUT2D eigenvalue weighted by atomic mass is 32.1. The summed E-state index contributed by atoms with van der Waals surface area (Å²) in [5, 5.41) is 9.85. The molecule has 0 saturated carbocycles. The second-order valence-electron chi connectivity index (χ2n) is 4.55. The maximum absolute atomic E-state index is 10.9. The summed E-state index contributed by atoms with van der Waals surface area (Å²) in [5.41, 5.74) is 0.211. The SMILES string of the molecule is CCC1CCN(c2nc(C(=O)O)c(C)s2)CC1. The number of nitrogens with zero attached hydrogens (tertiary/aromatic N) is 2. The molecule has 0 amide bonds. The van der Waals surface area contributed by atoms with Crippen LogP contribution in [0.1, 0.15) is 41.6 Å². The monoisotopic (exact) mass is 254 g/mol. The zero-order chi connectivity index (χ0) is 12.4. The number of thiazole rings is 1. The number of hydrogen-bond acceptors (Lipinski definition) is 4. The first-order valence-corrected chi connectivity index (χ1v) is 6.89. The van der Waals surface area contributed by atoms with Crippen LogP contribution in [0.5, 0.6) is 0 Å². The number of anilines is 1. The summed E-state index contributed by atoms with van der Waals surface area (Å²) in [5.74, 6) is -0.0975. The van der Waals surface area contributed by atoms with Crippen molar-refractivity contribution in [1.82, 2.24) is 4.98 Å². The summed E-state index contributed by atoms with van der Waals surface area (Å²) in [6, 6.07) is 0. The first-order chi connectivity index (χ1) is 8.11. The lowest BCUT2D eigenvalue weighted by atomic mass is 9.95. The van der Waals surface area contributed by atoms with E-state index in [1.807, 2.05) is 6.92 Å². The van der Waals surface area contributed by atoms with Crippen LogP contribution < -0.4 is 4.90 Å². The largest absolute Gasteiger partial charge is 0.476 e. The zero-order valence-electron chi connectivity index (χ0n) is 10.3. The van der Waals surface area contributed by atoms with Gasteiger partial charge in [0.05, 0.1) is 0 Å². The molecule has 2 heterocycles. The summed E-state index contributed by atoms with van der Waals surface area (Å²) in [6.07, 6.45) is 3.63. The van der Waals surface area contributed by atoms with Crippen molar-refractivity contribution in [3.05, 3.63) is 10.6 Å². The first-order valence-electron chi connectivity index (χ1n) is 6.07. The fourth-order valence-electron chi connectivity index (χ4n) is 2.25. The molecule has 0 atom stereocenters. The van der Waals surface area contributed by atoms with Crippen LogP contribution in [0.25, 0.3) is 0 Å². The van der Waals surface area contributed by atoms with Crippen molar-refractivity contribution in [2.45, 2.75) is 33.1 Å². The Morgan fingerprint density at radius 3 is 2.65 bits per heavy atom. The van der Waals surface area contributed by atoms with Crippen LogP contribution in [0.2, 0.25) is 0 Å². The molecule has 0 aromatic carbocycles. The van der Waals surface area contributed by atoms with E-state index in [0.717, 1.165) is 29.0 Å². The fraction of sp³-hybridized carbons (Fsp3) is 0.667. The average molecular weight is 254 g/mol. The minimum atomic E-state index is -0.923. The third-order valence-electron chi connectivity index (χ3n) is 3.45. The van der Waals surface area contributed by atoms with Gasteiger partial charge >= 0.3 is 5.97 Å². The third kappa shape index (κ3) is 2.60. The summed E-state index contributed by atoms with van der Waals surface area (Å²) < 4.78 is 0. The number of carboxylic acids is 1. The Morgan fingerprint density at radius 1 is 1.53 bits per heavy atom. The standard InChI is InChI=1S/C12H18N2O2S/c1-3-9-4-6-14(7-5-9)12-13-10(11(15)16)8(2)17-12/h9H,3-7H2,1-2H3,(H,15,16). The van der Waals surface area contributed by atoms with E-state index in [-0.39, 0.29) is 5.69 Å². The second kappa shape index (κ2) is 5.04. The Hall–Kier alpha value is -1.10. The number of carboxylic acid groups (broad SMARTS) is 1. The summed E-state index contributed by atoms with van der Waals surface area (Å²) >= 11 is 1.49. The molecule has 1 N–H and O–H groups in total. The van der Waals surface area contributed by atoms with Gasteiger partial charge in [0.15, 0.2) is 10.8 Å². The average Bonchev–Trinajstić information content (AvgIpc) is 2.71. The van der Waals surface area contributed by atoms with E-state index < -0.39 is 5.97 Å². The molecule has 94 valence electrons. The normalized spacial score (nSPS) is 17.4. The van der Waals surface area contributed by atoms with Crippen LogP contribution in [-0.4, -0.2) is 29.1 Å². The Balaban J connectivity index is 2.08. The molecule has 1 saturated heterocycles. The molecule has 5 heteroatoms. The molecule has 0 spiro atoms. The lowest BCUT2D eigenvalue weighted by Crippen LogP contribution is -2.33. The van der Waals surface area contributed by atoms with Crippen molar-refractivity contribution in [3.8, 4) is 0 Å². The lowest BCUT2D eigenvalue weighted by molar-refractivity contribution is 0.0690. The molecule has 0 bridgehead atoms. The van der Waals surface area contributed by atoms with Gasteiger partial charge in [0.1, 0.15) is 0 Å². The van der Waals surface area contributed by atoms with E-state index in [0.29, 0.717) is 0 Å². The molecule has 1 aromatic heterocycles. The van der Waals surface area contributed by atoms with Crippen molar-refractivity contribution in [2.75, 3.05) is 18.0 Å². The van der Waals surface area contributed by atoms with E-state index in [4.69, 9.17) is 5.11 Å². The Labute approximate surface area is 105 Å². The van der Waals surface area contributed by atoms with Crippen LogP contribution in [0.4, 0.5) is 5.13 Å². The minimum Gasteiger partial charge on any atom is -0.476 e. The van der Waals surface area contributed by atoms with Crippen molar-refractivity contribution >= 4 is 22.4 Å². The van der Waals surface area contributed by atoms with Gasteiger partial charge in [-0.05, 0) is 25.7 Å². The molecular weight excluding hydrogens is 236 g/mol. The van der Waals surface area contributed by atoms with Gasteiger partial charge in [0, 0.05) is 18.0 Å². The van der Waals surface area contributed by atoms with E-state index in [2.05, 4.69) is 16.8 Å². The number of aromatic nitrogens is 1. The highest BCUT2D eigenvalue weighted by molar-refractivity contribution is 7.15. The van der Waals surface area contributed by atoms with Crippen LogP contribution in [0.3, 0.4) is 0 Å². The summed E-state index contributed by atoms with van der Waals surface area (Å²) in [4.78, 5) is 18.2. The van der Waals surface area contributed by atoms with Crippen molar-refractivity contribution in [3.63, 3.8) is 0 Å². The summed E-state index contributed by atoms with van der Waals surface area (Å²) in [6.45, 7) is 6.06. The molecular formula is C12H18N2O2S. The van der Waals surface area contributed by atoms with Gasteiger partial charge in [-0.2, -0.15) is 0 Å².